The Morgan fingerprint density at radius 1 is 1.03 bits per heavy atom. The van der Waals surface area contributed by atoms with E-state index in [0.29, 0.717) is 22.8 Å². The standard InChI is InChI=1S/C25H18N2O8/c1-13-9-14(24(30)32-2)3-6-17(13)19-8-5-16(35-19)11-18-22(28)26-25(31)27(23(18)29)15-4-7-20-21(10-15)34-12-33-20/h3-11H,12H2,1-2H3,(H,26,28,31)/b18-11+. The van der Waals surface area contributed by atoms with Crippen LogP contribution in [-0.2, 0) is 14.3 Å². The summed E-state index contributed by atoms with van der Waals surface area (Å²) >= 11 is 0. The van der Waals surface area contributed by atoms with Gasteiger partial charge >= 0.3 is 12.0 Å². The number of furan rings is 1. The molecular formula is C25H18N2O8. The number of urea groups is 1. The molecule has 0 bridgehead atoms. The summed E-state index contributed by atoms with van der Waals surface area (Å²) in [6.45, 7) is 1.85. The minimum Gasteiger partial charge on any atom is -0.465 e. The molecule has 3 heterocycles. The van der Waals surface area contributed by atoms with Gasteiger partial charge < -0.3 is 18.6 Å². The number of hydrogen-bond donors (Lipinski definition) is 1. The van der Waals surface area contributed by atoms with Gasteiger partial charge in [0.15, 0.2) is 11.5 Å². The maximum atomic E-state index is 13.1. The van der Waals surface area contributed by atoms with Gasteiger partial charge in [-0.05, 0) is 55.0 Å². The van der Waals surface area contributed by atoms with Crippen molar-refractivity contribution in [3.63, 3.8) is 0 Å². The third kappa shape index (κ3) is 3.90. The second-order valence-corrected chi connectivity index (χ2v) is 7.72. The third-order valence-corrected chi connectivity index (χ3v) is 5.54. The molecule has 10 heteroatoms. The summed E-state index contributed by atoms with van der Waals surface area (Å²) < 4.78 is 21.1. The Labute approximate surface area is 198 Å². The van der Waals surface area contributed by atoms with Crippen LogP contribution in [0.15, 0.2) is 58.5 Å². The number of barbiturate groups is 1. The summed E-state index contributed by atoms with van der Waals surface area (Å²) in [6, 6.07) is 12.0. The predicted octanol–water partition coefficient (Wildman–Crippen LogP) is 3.44. The van der Waals surface area contributed by atoms with Crippen molar-refractivity contribution in [1.82, 2.24) is 5.32 Å². The molecule has 2 aromatic carbocycles. The molecule has 176 valence electrons. The van der Waals surface area contributed by atoms with Crippen molar-refractivity contribution in [2.45, 2.75) is 6.92 Å². The lowest BCUT2D eigenvalue weighted by atomic mass is 10.0. The number of nitrogens with one attached hydrogen (secondary N) is 1. The second kappa shape index (κ2) is 8.49. The number of carbonyl (C=O) groups excluding carboxylic acids is 4. The molecule has 1 aromatic heterocycles. The minimum atomic E-state index is -0.877. The molecule has 1 saturated heterocycles. The molecule has 0 unspecified atom stereocenters. The van der Waals surface area contributed by atoms with Gasteiger partial charge in [0.2, 0.25) is 6.79 Å². The van der Waals surface area contributed by atoms with Crippen LogP contribution in [0.3, 0.4) is 0 Å². The zero-order valence-corrected chi connectivity index (χ0v) is 18.6. The summed E-state index contributed by atoms with van der Waals surface area (Å²) in [6.07, 6.45) is 1.27. The number of methoxy groups -OCH3 is 1. The van der Waals surface area contributed by atoms with Crippen molar-refractivity contribution >= 4 is 35.6 Å². The molecule has 35 heavy (non-hydrogen) atoms. The third-order valence-electron chi connectivity index (χ3n) is 5.54. The summed E-state index contributed by atoms with van der Waals surface area (Å²) in [5.41, 5.74) is 1.84. The van der Waals surface area contributed by atoms with Crippen LogP contribution in [0.4, 0.5) is 10.5 Å². The van der Waals surface area contributed by atoms with E-state index in [9.17, 15) is 19.2 Å². The highest BCUT2D eigenvalue weighted by Gasteiger charge is 2.37. The van der Waals surface area contributed by atoms with E-state index in [0.717, 1.165) is 16.0 Å². The molecule has 4 amide bonds. The van der Waals surface area contributed by atoms with E-state index >= 15 is 0 Å². The number of fused-ring (bicyclic) bond motifs is 1. The summed E-state index contributed by atoms with van der Waals surface area (Å²) in [7, 11) is 1.31. The van der Waals surface area contributed by atoms with Crippen molar-refractivity contribution in [3.05, 3.63) is 71.0 Å². The fraction of sp³-hybridized carbons (Fsp3) is 0.120. The van der Waals surface area contributed by atoms with E-state index < -0.39 is 23.8 Å². The number of imide groups is 2. The summed E-state index contributed by atoms with van der Waals surface area (Å²) in [5.74, 6) is -0.526. The molecule has 10 nitrogen and oxygen atoms in total. The first-order chi connectivity index (χ1) is 16.9. The summed E-state index contributed by atoms with van der Waals surface area (Å²) in [5, 5.41) is 2.17. The molecule has 0 saturated carbocycles. The molecule has 2 aliphatic rings. The van der Waals surface area contributed by atoms with Crippen LogP contribution in [0.25, 0.3) is 17.4 Å². The highest BCUT2D eigenvalue weighted by molar-refractivity contribution is 6.39. The van der Waals surface area contributed by atoms with Crippen LogP contribution >= 0.6 is 0 Å². The van der Waals surface area contributed by atoms with Gasteiger partial charge in [0.05, 0.1) is 18.4 Å². The second-order valence-electron chi connectivity index (χ2n) is 7.72. The number of carbonyl (C=O) groups is 4. The maximum Gasteiger partial charge on any atom is 0.337 e. The van der Waals surface area contributed by atoms with Crippen LogP contribution in [0.5, 0.6) is 11.5 Å². The largest absolute Gasteiger partial charge is 0.465 e. The lowest BCUT2D eigenvalue weighted by Crippen LogP contribution is -2.54. The number of nitrogens with zero attached hydrogens (tertiary/aromatic N) is 1. The predicted molar refractivity (Wildman–Crippen MR) is 122 cm³/mol. The number of rotatable bonds is 4. The van der Waals surface area contributed by atoms with Crippen LogP contribution in [0, 0.1) is 6.92 Å². The molecule has 0 spiro atoms. The molecule has 0 atom stereocenters. The topological polar surface area (TPSA) is 124 Å². The van der Waals surface area contributed by atoms with Crippen LogP contribution in [-0.4, -0.2) is 37.7 Å². The van der Waals surface area contributed by atoms with E-state index in [2.05, 4.69) is 5.32 Å². The van der Waals surface area contributed by atoms with Gasteiger partial charge in [-0.2, -0.15) is 0 Å². The van der Waals surface area contributed by atoms with Gasteiger partial charge in [-0.3, -0.25) is 14.9 Å². The maximum absolute atomic E-state index is 13.1. The SMILES string of the molecule is COC(=O)c1ccc(-c2ccc(/C=C3\C(=O)NC(=O)N(c4ccc5c(c4)OCO5)C3=O)o2)c(C)c1. The Bertz CT molecular complexity index is 1430. The van der Waals surface area contributed by atoms with Gasteiger partial charge in [-0.25, -0.2) is 14.5 Å². The quantitative estimate of drug-likeness (QED) is 0.346. The number of esters is 1. The Morgan fingerprint density at radius 2 is 1.83 bits per heavy atom. The van der Waals surface area contributed by atoms with Crippen molar-refractivity contribution in [3.8, 4) is 22.8 Å². The molecule has 0 aliphatic carbocycles. The number of aryl methyl sites for hydroxylation is 1. The molecule has 1 fully saturated rings. The first kappa shape index (κ1) is 22.0. The first-order valence-corrected chi connectivity index (χ1v) is 10.5. The average Bonchev–Trinajstić information content (AvgIpc) is 3.50. The zero-order chi connectivity index (χ0) is 24.7. The zero-order valence-electron chi connectivity index (χ0n) is 18.6. The summed E-state index contributed by atoms with van der Waals surface area (Å²) in [4.78, 5) is 50.6. The van der Waals surface area contributed by atoms with Gasteiger partial charge in [0, 0.05) is 11.6 Å². The van der Waals surface area contributed by atoms with Crippen LogP contribution in [0.1, 0.15) is 21.7 Å². The van der Waals surface area contributed by atoms with Crippen molar-refractivity contribution in [2.75, 3.05) is 18.8 Å². The van der Waals surface area contributed by atoms with E-state index in [1.807, 2.05) is 6.92 Å². The minimum absolute atomic E-state index is 0.0360. The monoisotopic (exact) mass is 474 g/mol. The van der Waals surface area contributed by atoms with Crippen LogP contribution in [0.2, 0.25) is 0 Å². The Kier molecular flexibility index (Phi) is 5.33. The van der Waals surface area contributed by atoms with Gasteiger partial charge in [-0.1, -0.05) is 6.07 Å². The fourth-order valence-electron chi connectivity index (χ4n) is 3.82. The lowest BCUT2D eigenvalue weighted by Gasteiger charge is -2.26. The normalized spacial score (nSPS) is 16.0. The molecule has 2 aliphatic heterocycles. The molecule has 5 rings (SSSR count). The smallest absolute Gasteiger partial charge is 0.337 e. The van der Waals surface area contributed by atoms with Crippen LogP contribution < -0.4 is 19.7 Å². The number of benzene rings is 2. The first-order valence-electron chi connectivity index (χ1n) is 10.5. The highest BCUT2D eigenvalue weighted by Crippen LogP contribution is 2.36. The number of hydrogen-bond acceptors (Lipinski definition) is 8. The lowest BCUT2D eigenvalue weighted by molar-refractivity contribution is -0.122. The Balaban J connectivity index is 1.44. The molecule has 3 aromatic rings. The van der Waals surface area contributed by atoms with E-state index in [-0.39, 0.29) is 23.8 Å². The van der Waals surface area contributed by atoms with Gasteiger partial charge in [0.1, 0.15) is 17.1 Å². The van der Waals surface area contributed by atoms with Crippen molar-refractivity contribution in [1.29, 1.82) is 0 Å². The molecule has 1 N–H and O–H groups in total. The molecule has 0 radical (unpaired) electrons. The highest BCUT2D eigenvalue weighted by atomic mass is 16.7. The Hall–Kier alpha value is -4.86. The number of anilines is 1. The van der Waals surface area contributed by atoms with Gasteiger partial charge in [0.25, 0.3) is 11.8 Å². The van der Waals surface area contributed by atoms with Crippen molar-refractivity contribution in [2.24, 2.45) is 0 Å². The average molecular weight is 474 g/mol. The fourth-order valence-corrected chi connectivity index (χ4v) is 3.82. The number of ether oxygens (including phenoxy) is 3. The van der Waals surface area contributed by atoms with E-state index in [1.54, 1.807) is 36.4 Å². The van der Waals surface area contributed by atoms with E-state index in [1.165, 1.54) is 25.3 Å². The van der Waals surface area contributed by atoms with E-state index in [4.69, 9.17) is 18.6 Å². The van der Waals surface area contributed by atoms with Crippen molar-refractivity contribution < 1.29 is 37.8 Å². The molecular weight excluding hydrogens is 456 g/mol. The van der Waals surface area contributed by atoms with Gasteiger partial charge in [-0.15, -0.1) is 0 Å². The number of amides is 4. The Morgan fingerprint density at radius 3 is 2.60 bits per heavy atom.